The Kier molecular flexibility index (Phi) is 4.29. The molecule has 0 saturated heterocycles. The van der Waals surface area contributed by atoms with E-state index in [0.29, 0.717) is 11.1 Å². The third-order valence-corrected chi connectivity index (χ3v) is 2.97. The first-order valence-electron chi connectivity index (χ1n) is 5.96. The fourth-order valence-electron chi connectivity index (χ4n) is 1.89. The van der Waals surface area contributed by atoms with Gasteiger partial charge < -0.3 is 9.84 Å². The van der Waals surface area contributed by atoms with Gasteiger partial charge >= 0.3 is 0 Å². The van der Waals surface area contributed by atoms with E-state index in [2.05, 4.69) is 0 Å². The summed E-state index contributed by atoms with van der Waals surface area (Å²) in [5.74, 6) is -2.42. The third-order valence-electron chi connectivity index (χ3n) is 2.97. The van der Waals surface area contributed by atoms with E-state index in [9.17, 15) is 18.3 Å². The van der Waals surface area contributed by atoms with Crippen molar-refractivity contribution >= 4 is 0 Å². The topological polar surface area (TPSA) is 29.5 Å². The average molecular weight is 282 g/mol. The Labute approximate surface area is 114 Å². The van der Waals surface area contributed by atoms with E-state index in [-0.39, 0.29) is 12.2 Å². The Balaban J connectivity index is 2.19. The van der Waals surface area contributed by atoms with E-state index in [1.807, 2.05) is 0 Å². The fourth-order valence-corrected chi connectivity index (χ4v) is 1.89. The maximum absolute atomic E-state index is 13.3. The molecule has 0 aliphatic heterocycles. The van der Waals surface area contributed by atoms with Crippen molar-refractivity contribution in [2.45, 2.75) is 12.5 Å². The summed E-state index contributed by atoms with van der Waals surface area (Å²) in [6.45, 7) is 0. The smallest absolute Gasteiger partial charge is 0.165 e. The van der Waals surface area contributed by atoms with Crippen LogP contribution in [0, 0.1) is 17.5 Å². The molecule has 0 bridgehead atoms. The van der Waals surface area contributed by atoms with Gasteiger partial charge in [0.25, 0.3) is 0 Å². The van der Waals surface area contributed by atoms with E-state index in [4.69, 9.17) is 4.74 Å². The maximum atomic E-state index is 13.3. The van der Waals surface area contributed by atoms with E-state index >= 15 is 0 Å². The number of hydrogen-bond donors (Lipinski definition) is 1. The molecule has 0 aromatic heterocycles. The second-order valence-corrected chi connectivity index (χ2v) is 4.36. The Morgan fingerprint density at radius 1 is 1.00 bits per heavy atom. The number of benzene rings is 2. The predicted molar refractivity (Wildman–Crippen MR) is 68.0 cm³/mol. The lowest BCUT2D eigenvalue weighted by Gasteiger charge is -2.13. The first-order valence-corrected chi connectivity index (χ1v) is 5.96. The first kappa shape index (κ1) is 14.4. The SMILES string of the molecule is COc1cc(C(O)Cc2ccc(F)c(F)c2)ccc1F. The second kappa shape index (κ2) is 5.96. The van der Waals surface area contributed by atoms with E-state index < -0.39 is 23.6 Å². The lowest BCUT2D eigenvalue weighted by atomic mass is 10.0. The summed E-state index contributed by atoms with van der Waals surface area (Å²) >= 11 is 0. The van der Waals surface area contributed by atoms with Crippen molar-refractivity contribution in [1.29, 1.82) is 0 Å². The molecule has 0 saturated carbocycles. The zero-order chi connectivity index (χ0) is 14.7. The minimum Gasteiger partial charge on any atom is -0.494 e. The first-order chi connectivity index (χ1) is 9.51. The van der Waals surface area contributed by atoms with Crippen molar-refractivity contribution in [2.75, 3.05) is 7.11 Å². The van der Waals surface area contributed by atoms with E-state index in [1.165, 1.54) is 31.4 Å². The molecule has 1 atom stereocenters. The molecule has 0 amide bonds. The van der Waals surface area contributed by atoms with Crippen LogP contribution in [0.25, 0.3) is 0 Å². The highest BCUT2D eigenvalue weighted by atomic mass is 19.2. The van der Waals surface area contributed by atoms with Crippen LogP contribution in [0.15, 0.2) is 36.4 Å². The molecule has 0 radical (unpaired) electrons. The normalized spacial score (nSPS) is 12.2. The van der Waals surface area contributed by atoms with Crippen LogP contribution < -0.4 is 4.74 Å². The number of rotatable bonds is 4. The molecule has 2 nitrogen and oxygen atoms in total. The maximum Gasteiger partial charge on any atom is 0.165 e. The van der Waals surface area contributed by atoms with Gasteiger partial charge in [0.15, 0.2) is 23.2 Å². The van der Waals surface area contributed by atoms with Gasteiger partial charge in [0, 0.05) is 6.42 Å². The van der Waals surface area contributed by atoms with Gasteiger partial charge in [0.05, 0.1) is 13.2 Å². The summed E-state index contributed by atoms with van der Waals surface area (Å²) in [6, 6.07) is 7.40. The highest BCUT2D eigenvalue weighted by Gasteiger charge is 2.13. The van der Waals surface area contributed by atoms with Gasteiger partial charge in [-0.3, -0.25) is 0 Å². The van der Waals surface area contributed by atoms with Gasteiger partial charge in [-0.05, 0) is 35.4 Å². The molecule has 1 N–H and O–H groups in total. The molecule has 0 aliphatic carbocycles. The predicted octanol–water partition coefficient (Wildman–Crippen LogP) is 3.39. The summed E-state index contributed by atoms with van der Waals surface area (Å²) in [5.41, 5.74) is 0.882. The van der Waals surface area contributed by atoms with Crippen LogP contribution in [0.5, 0.6) is 5.75 Å². The van der Waals surface area contributed by atoms with Crippen molar-refractivity contribution in [3.8, 4) is 5.75 Å². The van der Waals surface area contributed by atoms with Crippen LogP contribution in [0.4, 0.5) is 13.2 Å². The molecule has 2 aromatic carbocycles. The third kappa shape index (κ3) is 3.11. The second-order valence-electron chi connectivity index (χ2n) is 4.36. The van der Waals surface area contributed by atoms with Gasteiger partial charge in [0.2, 0.25) is 0 Å². The molecule has 2 rings (SSSR count). The molecule has 2 aromatic rings. The van der Waals surface area contributed by atoms with Crippen LogP contribution in [0.1, 0.15) is 17.2 Å². The largest absolute Gasteiger partial charge is 0.494 e. The van der Waals surface area contributed by atoms with Crippen LogP contribution in [-0.2, 0) is 6.42 Å². The zero-order valence-corrected chi connectivity index (χ0v) is 10.7. The van der Waals surface area contributed by atoms with Gasteiger partial charge in [-0.15, -0.1) is 0 Å². The molecule has 0 spiro atoms. The number of ether oxygens (including phenoxy) is 1. The summed E-state index contributed by atoms with van der Waals surface area (Å²) in [7, 11) is 1.32. The average Bonchev–Trinajstić information content (AvgIpc) is 2.43. The summed E-state index contributed by atoms with van der Waals surface area (Å²) < 4.78 is 44.0. The Bertz CT molecular complexity index is 614. The fraction of sp³-hybridized carbons (Fsp3) is 0.200. The number of halogens is 3. The minimum absolute atomic E-state index is 0.0202. The standard InChI is InChI=1S/C15H13F3O2/c1-20-15-8-10(3-5-12(15)17)14(19)7-9-2-4-11(16)13(18)6-9/h2-6,8,14,19H,7H2,1H3. The molecular formula is C15H13F3O2. The van der Waals surface area contributed by atoms with Gasteiger partial charge in [-0.2, -0.15) is 0 Å². The highest BCUT2D eigenvalue weighted by Crippen LogP contribution is 2.25. The molecule has 0 heterocycles. The Hall–Kier alpha value is -2.01. The van der Waals surface area contributed by atoms with Crippen molar-refractivity contribution < 1.29 is 23.0 Å². The van der Waals surface area contributed by atoms with Crippen molar-refractivity contribution in [1.82, 2.24) is 0 Å². The summed E-state index contributed by atoms with van der Waals surface area (Å²) in [4.78, 5) is 0. The van der Waals surface area contributed by atoms with E-state index in [1.54, 1.807) is 0 Å². The zero-order valence-electron chi connectivity index (χ0n) is 10.7. The molecule has 0 fully saturated rings. The van der Waals surface area contributed by atoms with Crippen molar-refractivity contribution in [2.24, 2.45) is 0 Å². The molecule has 106 valence electrons. The molecule has 0 aliphatic rings. The summed E-state index contributed by atoms with van der Waals surface area (Å²) in [6.07, 6.45) is -0.874. The van der Waals surface area contributed by atoms with Crippen LogP contribution in [0.3, 0.4) is 0 Å². The Morgan fingerprint density at radius 2 is 1.70 bits per heavy atom. The molecule has 5 heteroatoms. The molecule has 1 unspecified atom stereocenters. The lowest BCUT2D eigenvalue weighted by molar-refractivity contribution is 0.177. The van der Waals surface area contributed by atoms with Crippen molar-refractivity contribution in [3.05, 3.63) is 65.0 Å². The molecule has 20 heavy (non-hydrogen) atoms. The Morgan fingerprint density at radius 3 is 2.35 bits per heavy atom. The quantitative estimate of drug-likeness (QED) is 0.931. The van der Waals surface area contributed by atoms with E-state index in [0.717, 1.165) is 12.1 Å². The van der Waals surface area contributed by atoms with Gasteiger partial charge in [-0.1, -0.05) is 12.1 Å². The van der Waals surface area contributed by atoms with Gasteiger partial charge in [0.1, 0.15) is 0 Å². The number of aliphatic hydroxyl groups excluding tert-OH is 1. The van der Waals surface area contributed by atoms with Crippen LogP contribution in [0.2, 0.25) is 0 Å². The van der Waals surface area contributed by atoms with Crippen LogP contribution in [-0.4, -0.2) is 12.2 Å². The number of aliphatic hydroxyl groups is 1. The monoisotopic (exact) mass is 282 g/mol. The summed E-state index contributed by atoms with van der Waals surface area (Å²) in [5, 5.41) is 10.1. The minimum atomic E-state index is -0.966. The lowest BCUT2D eigenvalue weighted by Crippen LogP contribution is -2.03. The number of hydrogen-bond acceptors (Lipinski definition) is 2. The number of methoxy groups -OCH3 is 1. The van der Waals surface area contributed by atoms with Crippen molar-refractivity contribution in [3.63, 3.8) is 0 Å². The highest BCUT2D eigenvalue weighted by molar-refractivity contribution is 5.32. The van der Waals surface area contributed by atoms with Gasteiger partial charge in [-0.25, -0.2) is 13.2 Å². The molecular weight excluding hydrogens is 269 g/mol. The van der Waals surface area contributed by atoms with Crippen LogP contribution >= 0.6 is 0 Å².